The molecule has 3 rings (SSSR count). The van der Waals surface area contributed by atoms with E-state index < -0.39 is 0 Å². The standard InChI is InChI=1S/C21H32N2O4/c1-25-18-9-8-17(20(26-2)21(18)27-3)15-22-10-12-23(13-11-22)19(24)14-16-6-4-5-7-16/h8-9,16H,4-7,10-15H2,1-3H3. The molecule has 1 heterocycles. The van der Waals surface area contributed by atoms with E-state index >= 15 is 0 Å². The van der Waals surface area contributed by atoms with Crippen molar-refractivity contribution in [1.82, 2.24) is 9.80 Å². The molecule has 1 aliphatic carbocycles. The molecule has 1 aliphatic heterocycles. The molecule has 0 aromatic heterocycles. The zero-order valence-electron chi connectivity index (χ0n) is 16.8. The minimum Gasteiger partial charge on any atom is -0.493 e. The molecule has 1 aromatic carbocycles. The summed E-state index contributed by atoms with van der Waals surface area (Å²) in [6, 6.07) is 3.94. The van der Waals surface area contributed by atoms with Crippen LogP contribution in [0, 0.1) is 5.92 Å². The number of methoxy groups -OCH3 is 3. The van der Waals surface area contributed by atoms with Gasteiger partial charge in [-0.15, -0.1) is 0 Å². The molecule has 1 amide bonds. The fraction of sp³-hybridized carbons (Fsp3) is 0.667. The van der Waals surface area contributed by atoms with Crippen LogP contribution in [0.5, 0.6) is 17.2 Å². The second-order valence-corrected chi connectivity index (χ2v) is 7.50. The molecule has 6 heteroatoms. The third-order valence-corrected chi connectivity index (χ3v) is 5.84. The Hall–Kier alpha value is -1.95. The van der Waals surface area contributed by atoms with Gasteiger partial charge < -0.3 is 19.1 Å². The maximum absolute atomic E-state index is 12.5. The van der Waals surface area contributed by atoms with Crippen LogP contribution in [0.2, 0.25) is 0 Å². The summed E-state index contributed by atoms with van der Waals surface area (Å²) >= 11 is 0. The van der Waals surface area contributed by atoms with Crippen LogP contribution < -0.4 is 14.2 Å². The van der Waals surface area contributed by atoms with Crippen molar-refractivity contribution in [2.45, 2.75) is 38.6 Å². The van der Waals surface area contributed by atoms with E-state index in [1.807, 2.05) is 17.0 Å². The number of carbonyl (C=O) groups is 1. The average Bonchev–Trinajstić information content (AvgIpc) is 3.21. The van der Waals surface area contributed by atoms with Crippen molar-refractivity contribution in [1.29, 1.82) is 0 Å². The van der Waals surface area contributed by atoms with Gasteiger partial charge in [0.15, 0.2) is 11.5 Å². The topological polar surface area (TPSA) is 51.2 Å². The highest BCUT2D eigenvalue weighted by molar-refractivity contribution is 5.76. The maximum atomic E-state index is 12.5. The van der Waals surface area contributed by atoms with Crippen molar-refractivity contribution >= 4 is 5.91 Å². The first-order chi connectivity index (χ1) is 13.2. The predicted octanol–water partition coefficient (Wildman–Crippen LogP) is 2.94. The molecule has 1 saturated heterocycles. The first-order valence-corrected chi connectivity index (χ1v) is 9.94. The van der Waals surface area contributed by atoms with Crippen LogP contribution in [-0.4, -0.2) is 63.2 Å². The smallest absolute Gasteiger partial charge is 0.222 e. The Morgan fingerprint density at radius 2 is 1.63 bits per heavy atom. The van der Waals surface area contributed by atoms with Gasteiger partial charge in [0.1, 0.15) is 0 Å². The summed E-state index contributed by atoms with van der Waals surface area (Å²) < 4.78 is 16.4. The van der Waals surface area contributed by atoms with Crippen LogP contribution in [0.15, 0.2) is 12.1 Å². The van der Waals surface area contributed by atoms with E-state index in [1.54, 1.807) is 21.3 Å². The number of ether oxygens (including phenoxy) is 3. The van der Waals surface area contributed by atoms with E-state index in [-0.39, 0.29) is 0 Å². The monoisotopic (exact) mass is 376 g/mol. The fourth-order valence-electron chi connectivity index (χ4n) is 4.27. The van der Waals surface area contributed by atoms with E-state index in [1.165, 1.54) is 25.7 Å². The summed E-state index contributed by atoms with van der Waals surface area (Å²) in [5.74, 6) is 2.97. The van der Waals surface area contributed by atoms with Gasteiger partial charge in [-0.3, -0.25) is 9.69 Å². The Labute approximate surface area is 162 Å². The zero-order chi connectivity index (χ0) is 19.2. The molecule has 0 radical (unpaired) electrons. The summed E-state index contributed by atoms with van der Waals surface area (Å²) in [6.45, 7) is 4.15. The molecule has 0 spiro atoms. The fourth-order valence-corrected chi connectivity index (χ4v) is 4.27. The molecule has 2 aliphatic rings. The van der Waals surface area contributed by atoms with Gasteiger partial charge in [0.2, 0.25) is 11.7 Å². The maximum Gasteiger partial charge on any atom is 0.222 e. The van der Waals surface area contributed by atoms with Gasteiger partial charge in [-0.25, -0.2) is 0 Å². The highest BCUT2D eigenvalue weighted by atomic mass is 16.5. The number of benzene rings is 1. The lowest BCUT2D eigenvalue weighted by atomic mass is 10.0. The molecule has 0 N–H and O–H groups in total. The van der Waals surface area contributed by atoms with Crippen LogP contribution in [-0.2, 0) is 11.3 Å². The molecular weight excluding hydrogens is 344 g/mol. The van der Waals surface area contributed by atoms with Crippen LogP contribution in [0.4, 0.5) is 0 Å². The largest absolute Gasteiger partial charge is 0.493 e. The van der Waals surface area contributed by atoms with Gasteiger partial charge in [0.05, 0.1) is 21.3 Å². The third kappa shape index (κ3) is 4.67. The summed E-state index contributed by atoms with van der Waals surface area (Å²) in [5, 5.41) is 0. The first kappa shape index (κ1) is 19.8. The highest BCUT2D eigenvalue weighted by Gasteiger charge is 2.26. The number of rotatable bonds is 7. The Balaban J connectivity index is 1.56. The molecule has 150 valence electrons. The van der Waals surface area contributed by atoms with Crippen molar-refractivity contribution in [3.05, 3.63) is 17.7 Å². The Kier molecular flexibility index (Phi) is 6.83. The van der Waals surface area contributed by atoms with Crippen molar-refractivity contribution < 1.29 is 19.0 Å². The molecule has 2 fully saturated rings. The lowest BCUT2D eigenvalue weighted by Gasteiger charge is -2.35. The van der Waals surface area contributed by atoms with Gasteiger partial charge in [-0.2, -0.15) is 0 Å². The normalized spacial score (nSPS) is 18.6. The number of nitrogens with zero attached hydrogens (tertiary/aromatic N) is 2. The van der Waals surface area contributed by atoms with Gasteiger partial charge in [-0.1, -0.05) is 18.9 Å². The second kappa shape index (κ2) is 9.31. The molecule has 1 saturated carbocycles. The summed E-state index contributed by atoms with van der Waals surface area (Å²) in [7, 11) is 4.90. The van der Waals surface area contributed by atoms with E-state index in [4.69, 9.17) is 14.2 Å². The van der Waals surface area contributed by atoms with Crippen LogP contribution in [0.25, 0.3) is 0 Å². The molecule has 1 aromatic rings. The summed E-state index contributed by atoms with van der Waals surface area (Å²) in [4.78, 5) is 16.9. The van der Waals surface area contributed by atoms with Crippen LogP contribution in [0.1, 0.15) is 37.7 Å². The van der Waals surface area contributed by atoms with Crippen molar-refractivity contribution in [3.8, 4) is 17.2 Å². The number of piperazine rings is 1. The van der Waals surface area contributed by atoms with Gasteiger partial charge in [-0.05, 0) is 24.8 Å². The molecule has 27 heavy (non-hydrogen) atoms. The summed E-state index contributed by atoms with van der Waals surface area (Å²) in [6.07, 6.45) is 5.77. The second-order valence-electron chi connectivity index (χ2n) is 7.50. The lowest BCUT2D eigenvalue weighted by molar-refractivity contribution is -0.134. The Morgan fingerprint density at radius 1 is 0.963 bits per heavy atom. The van der Waals surface area contributed by atoms with E-state index in [0.29, 0.717) is 23.3 Å². The summed E-state index contributed by atoms with van der Waals surface area (Å²) in [5.41, 5.74) is 1.07. The number of hydrogen-bond donors (Lipinski definition) is 0. The molecule has 0 unspecified atom stereocenters. The van der Waals surface area contributed by atoms with E-state index in [2.05, 4.69) is 4.90 Å². The minimum atomic E-state index is 0.338. The molecule has 0 atom stereocenters. The minimum absolute atomic E-state index is 0.338. The van der Waals surface area contributed by atoms with E-state index in [9.17, 15) is 4.79 Å². The van der Waals surface area contributed by atoms with Crippen LogP contribution >= 0.6 is 0 Å². The van der Waals surface area contributed by atoms with Crippen molar-refractivity contribution in [2.75, 3.05) is 47.5 Å². The Bertz CT molecular complexity index is 635. The van der Waals surface area contributed by atoms with Gasteiger partial charge in [0, 0.05) is 44.7 Å². The van der Waals surface area contributed by atoms with Gasteiger partial charge in [0.25, 0.3) is 0 Å². The SMILES string of the molecule is COc1ccc(CN2CCN(C(=O)CC3CCCC3)CC2)c(OC)c1OC. The zero-order valence-corrected chi connectivity index (χ0v) is 16.8. The van der Waals surface area contributed by atoms with Gasteiger partial charge >= 0.3 is 0 Å². The van der Waals surface area contributed by atoms with Crippen molar-refractivity contribution in [3.63, 3.8) is 0 Å². The lowest BCUT2D eigenvalue weighted by Crippen LogP contribution is -2.48. The van der Waals surface area contributed by atoms with E-state index in [0.717, 1.165) is 50.5 Å². The first-order valence-electron chi connectivity index (χ1n) is 9.94. The quantitative estimate of drug-likeness (QED) is 0.732. The highest BCUT2D eigenvalue weighted by Crippen LogP contribution is 2.40. The predicted molar refractivity (Wildman–Crippen MR) is 105 cm³/mol. The number of amides is 1. The van der Waals surface area contributed by atoms with Crippen LogP contribution in [0.3, 0.4) is 0 Å². The Morgan fingerprint density at radius 3 is 2.22 bits per heavy atom. The molecule has 6 nitrogen and oxygen atoms in total. The van der Waals surface area contributed by atoms with Crippen molar-refractivity contribution in [2.24, 2.45) is 5.92 Å². The molecule has 0 bridgehead atoms. The molecular formula is C21H32N2O4. The average molecular weight is 376 g/mol. The number of hydrogen-bond acceptors (Lipinski definition) is 5. The number of carbonyl (C=O) groups excluding carboxylic acids is 1. The third-order valence-electron chi connectivity index (χ3n) is 5.84.